The van der Waals surface area contributed by atoms with Crippen molar-refractivity contribution < 1.29 is 4.74 Å². The third-order valence-electron chi connectivity index (χ3n) is 4.01. The van der Waals surface area contributed by atoms with E-state index in [0.717, 1.165) is 47.8 Å². The molecule has 0 saturated heterocycles. The van der Waals surface area contributed by atoms with Crippen molar-refractivity contribution in [1.29, 1.82) is 0 Å². The van der Waals surface area contributed by atoms with Crippen LogP contribution in [-0.2, 0) is 0 Å². The van der Waals surface area contributed by atoms with Gasteiger partial charge in [0, 0.05) is 34.8 Å². The van der Waals surface area contributed by atoms with Crippen molar-refractivity contribution in [3.63, 3.8) is 0 Å². The van der Waals surface area contributed by atoms with Gasteiger partial charge < -0.3 is 10.5 Å². The van der Waals surface area contributed by atoms with Crippen molar-refractivity contribution in [2.24, 2.45) is 5.73 Å². The van der Waals surface area contributed by atoms with Gasteiger partial charge in [-0.3, -0.25) is 4.98 Å². The van der Waals surface area contributed by atoms with Crippen molar-refractivity contribution in [3.8, 4) is 5.75 Å². The topological polar surface area (TPSA) is 48.1 Å². The second-order valence-corrected chi connectivity index (χ2v) is 5.44. The van der Waals surface area contributed by atoms with Crippen LogP contribution in [0.15, 0.2) is 37.2 Å². The van der Waals surface area contributed by atoms with Gasteiger partial charge >= 0.3 is 0 Å². The summed E-state index contributed by atoms with van der Waals surface area (Å²) in [4.78, 5) is 4.24. The van der Waals surface area contributed by atoms with E-state index in [1.165, 1.54) is 0 Å². The first-order chi connectivity index (χ1) is 9.78. The third kappa shape index (κ3) is 3.36. The summed E-state index contributed by atoms with van der Waals surface area (Å²) in [6.45, 7) is 3.87. The van der Waals surface area contributed by atoms with E-state index in [0.29, 0.717) is 6.04 Å². The zero-order chi connectivity index (χ0) is 13.9. The maximum absolute atomic E-state index is 6.23. The van der Waals surface area contributed by atoms with Crippen molar-refractivity contribution in [2.45, 2.75) is 37.8 Å². The van der Waals surface area contributed by atoms with Gasteiger partial charge in [-0.1, -0.05) is 24.8 Å². The van der Waals surface area contributed by atoms with Crippen LogP contribution in [0.2, 0.25) is 0 Å². The summed E-state index contributed by atoms with van der Waals surface area (Å²) in [5.74, 6) is 0.931. The van der Waals surface area contributed by atoms with E-state index in [2.05, 4.69) is 17.6 Å². The number of pyridine rings is 1. The number of rotatable bonds is 3. The number of hydrogen-bond donors (Lipinski definition) is 1. The minimum Gasteiger partial charge on any atom is -0.490 e. The van der Waals surface area contributed by atoms with Crippen molar-refractivity contribution in [3.05, 3.63) is 42.7 Å². The standard InChI is InChI=1S/C17H20N2O.ClH/c1-2-12-10-19-11-13-4-3-5-16(17(12)13)20-15-8-6-14(18)7-9-15;/h2-5,10-11,14-15H,1,6-9,18H2;1H. The molecule has 2 N–H and O–H groups in total. The van der Waals surface area contributed by atoms with E-state index in [1.54, 1.807) is 0 Å². The first kappa shape index (κ1) is 15.8. The molecule has 0 unspecified atom stereocenters. The average molecular weight is 305 g/mol. The van der Waals surface area contributed by atoms with Gasteiger partial charge in [0.25, 0.3) is 0 Å². The van der Waals surface area contributed by atoms with Crippen molar-refractivity contribution >= 4 is 29.3 Å². The van der Waals surface area contributed by atoms with Gasteiger partial charge in [0.15, 0.2) is 0 Å². The molecule has 4 heteroatoms. The molecule has 3 nitrogen and oxygen atoms in total. The highest BCUT2D eigenvalue weighted by atomic mass is 35.5. The number of halogens is 1. The van der Waals surface area contributed by atoms with Crippen LogP contribution in [0.5, 0.6) is 5.75 Å². The van der Waals surface area contributed by atoms with Crippen LogP contribution < -0.4 is 10.5 Å². The number of fused-ring (bicyclic) bond motifs is 1. The summed E-state index contributed by atoms with van der Waals surface area (Å²) in [6, 6.07) is 6.44. The third-order valence-corrected chi connectivity index (χ3v) is 4.01. The predicted molar refractivity (Wildman–Crippen MR) is 89.9 cm³/mol. The average Bonchev–Trinajstić information content (AvgIpc) is 2.49. The number of nitrogens with zero attached hydrogens (tertiary/aromatic N) is 1. The maximum Gasteiger partial charge on any atom is 0.128 e. The Balaban J connectivity index is 0.00000161. The molecule has 1 aliphatic rings. The number of hydrogen-bond acceptors (Lipinski definition) is 3. The number of benzene rings is 1. The summed E-state index contributed by atoms with van der Waals surface area (Å²) in [6.07, 6.45) is 9.96. The van der Waals surface area contributed by atoms with Gasteiger partial charge in [-0.05, 0) is 31.7 Å². The molecule has 112 valence electrons. The van der Waals surface area contributed by atoms with E-state index < -0.39 is 0 Å². The van der Waals surface area contributed by atoms with Crippen LogP contribution >= 0.6 is 12.4 Å². The molecule has 0 spiro atoms. The Hall–Kier alpha value is -1.58. The Labute approximate surface area is 131 Å². The second kappa shape index (κ2) is 6.92. The molecule has 1 aromatic heterocycles. The Kier molecular flexibility index (Phi) is 5.21. The molecule has 0 radical (unpaired) electrons. The molecular formula is C17H21ClN2O. The number of nitrogens with two attached hydrogens (primary N) is 1. The van der Waals surface area contributed by atoms with Crippen LogP contribution in [0.4, 0.5) is 0 Å². The number of aromatic nitrogens is 1. The molecule has 0 aliphatic heterocycles. The van der Waals surface area contributed by atoms with Crippen molar-refractivity contribution in [2.75, 3.05) is 0 Å². The molecule has 1 saturated carbocycles. The molecule has 1 aromatic carbocycles. The molecule has 2 aromatic rings. The zero-order valence-corrected chi connectivity index (χ0v) is 12.8. The fraction of sp³-hybridized carbons (Fsp3) is 0.353. The van der Waals surface area contributed by atoms with Gasteiger partial charge in [-0.25, -0.2) is 0 Å². The Bertz CT molecular complexity index is 616. The smallest absolute Gasteiger partial charge is 0.128 e. The van der Waals surface area contributed by atoms with E-state index in [4.69, 9.17) is 10.5 Å². The lowest BCUT2D eigenvalue weighted by atomic mass is 9.93. The highest BCUT2D eigenvalue weighted by Gasteiger charge is 2.20. The maximum atomic E-state index is 6.23. The van der Waals surface area contributed by atoms with E-state index in [1.807, 2.05) is 30.6 Å². The fourth-order valence-electron chi connectivity index (χ4n) is 2.87. The minimum absolute atomic E-state index is 0. The molecule has 21 heavy (non-hydrogen) atoms. The van der Waals surface area contributed by atoms with Gasteiger partial charge in [-0.15, -0.1) is 12.4 Å². The first-order valence-electron chi connectivity index (χ1n) is 7.19. The SMILES string of the molecule is C=Cc1cncc2cccc(OC3CCC(N)CC3)c12.Cl. The number of ether oxygens (including phenoxy) is 1. The van der Waals surface area contributed by atoms with E-state index in [-0.39, 0.29) is 18.5 Å². The van der Waals surface area contributed by atoms with Gasteiger partial charge in [0.2, 0.25) is 0 Å². The predicted octanol–water partition coefficient (Wildman–Crippen LogP) is 3.95. The van der Waals surface area contributed by atoms with Crippen LogP contribution in [0.1, 0.15) is 31.2 Å². The molecule has 0 bridgehead atoms. The van der Waals surface area contributed by atoms with Gasteiger partial charge in [0.05, 0.1) is 6.10 Å². The lowest BCUT2D eigenvalue weighted by Gasteiger charge is -2.27. The zero-order valence-electron chi connectivity index (χ0n) is 12.0. The van der Waals surface area contributed by atoms with Crippen LogP contribution in [0.3, 0.4) is 0 Å². The summed E-state index contributed by atoms with van der Waals surface area (Å²) in [7, 11) is 0. The molecular weight excluding hydrogens is 284 g/mol. The largest absolute Gasteiger partial charge is 0.490 e. The summed E-state index contributed by atoms with van der Waals surface area (Å²) in [5.41, 5.74) is 6.97. The first-order valence-corrected chi connectivity index (χ1v) is 7.19. The van der Waals surface area contributed by atoms with E-state index in [9.17, 15) is 0 Å². The van der Waals surface area contributed by atoms with Crippen LogP contribution in [0, 0.1) is 0 Å². The Morgan fingerprint density at radius 1 is 1.19 bits per heavy atom. The molecule has 1 aliphatic carbocycles. The van der Waals surface area contributed by atoms with Gasteiger partial charge in [0.1, 0.15) is 5.75 Å². The van der Waals surface area contributed by atoms with Crippen molar-refractivity contribution in [1.82, 2.24) is 4.98 Å². The molecule has 0 atom stereocenters. The minimum atomic E-state index is 0. The molecule has 0 amide bonds. The lowest BCUT2D eigenvalue weighted by Crippen LogP contribution is -2.31. The summed E-state index contributed by atoms with van der Waals surface area (Å²) >= 11 is 0. The highest BCUT2D eigenvalue weighted by Crippen LogP contribution is 2.31. The Morgan fingerprint density at radius 2 is 1.95 bits per heavy atom. The lowest BCUT2D eigenvalue weighted by molar-refractivity contribution is 0.149. The second-order valence-electron chi connectivity index (χ2n) is 5.44. The highest BCUT2D eigenvalue weighted by molar-refractivity contribution is 5.94. The Morgan fingerprint density at radius 3 is 2.67 bits per heavy atom. The summed E-state index contributed by atoms with van der Waals surface area (Å²) < 4.78 is 6.23. The van der Waals surface area contributed by atoms with Crippen LogP contribution in [0.25, 0.3) is 16.8 Å². The molecule has 1 fully saturated rings. The fourth-order valence-corrected chi connectivity index (χ4v) is 2.87. The van der Waals surface area contributed by atoms with Gasteiger partial charge in [-0.2, -0.15) is 0 Å². The monoisotopic (exact) mass is 304 g/mol. The summed E-state index contributed by atoms with van der Waals surface area (Å²) in [5, 5.41) is 2.19. The normalized spacial score (nSPS) is 21.6. The molecule has 3 rings (SSSR count). The van der Waals surface area contributed by atoms with Crippen LogP contribution in [-0.4, -0.2) is 17.1 Å². The molecule has 1 heterocycles. The van der Waals surface area contributed by atoms with E-state index >= 15 is 0 Å². The quantitative estimate of drug-likeness (QED) is 0.934.